The van der Waals surface area contributed by atoms with Crippen molar-refractivity contribution >= 4 is 16.8 Å². The minimum atomic E-state index is -0.0186. The molecule has 0 spiro atoms. The van der Waals surface area contributed by atoms with E-state index < -0.39 is 0 Å². The number of aromatic nitrogens is 3. The van der Waals surface area contributed by atoms with Gasteiger partial charge in [-0.25, -0.2) is 0 Å². The van der Waals surface area contributed by atoms with Gasteiger partial charge < -0.3 is 5.32 Å². The van der Waals surface area contributed by atoms with Crippen LogP contribution in [0, 0.1) is 0 Å². The van der Waals surface area contributed by atoms with Crippen molar-refractivity contribution in [1.29, 1.82) is 0 Å². The Bertz CT molecular complexity index is 751. The topological polar surface area (TPSA) is 59.8 Å². The van der Waals surface area contributed by atoms with Gasteiger partial charge in [0.05, 0.1) is 11.7 Å². The molecule has 3 rings (SSSR count). The second kappa shape index (κ2) is 6.85. The van der Waals surface area contributed by atoms with Crippen molar-refractivity contribution in [3.8, 4) is 0 Å². The third-order valence-corrected chi connectivity index (χ3v) is 3.50. The molecule has 3 aromatic rings. The maximum absolute atomic E-state index is 12.0. The fourth-order valence-corrected chi connectivity index (χ4v) is 2.39. The predicted octanol–water partition coefficient (Wildman–Crippen LogP) is 2.18. The first-order valence-corrected chi connectivity index (χ1v) is 7.40. The van der Waals surface area contributed by atoms with Gasteiger partial charge in [0.25, 0.3) is 0 Å². The van der Waals surface area contributed by atoms with Crippen LogP contribution in [-0.4, -0.2) is 27.2 Å². The number of aryl methyl sites for hydroxylation is 1. The highest BCUT2D eigenvalue weighted by Crippen LogP contribution is 2.12. The summed E-state index contributed by atoms with van der Waals surface area (Å²) in [6.45, 7) is 0.895. The van der Waals surface area contributed by atoms with Crippen LogP contribution in [0.15, 0.2) is 54.9 Å². The predicted molar refractivity (Wildman–Crippen MR) is 85.3 cm³/mol. The molecule has 0 aliphatic rings. The lowest BCUT2D eigenvalue weighted by Gasteiger charge is -2.06. The van der Waals surface area contributed by atoms with Gasteiger partial charge >= 0.3 is 0 Å². The highest BCUT2D eigenvalue weighted by Gasteiger charge is 2.06. The Kier molecular flexibility index (Phi) is 4.44. The first kappa shape index (κ1) is 14.3. The molecule has 0 aliphatic carbocycles. The highest BCUT2D eigenvalue weighted by atomic mass is 16.2. The SMILES string of the molecule is O=C(Cn1ncc2ccccc21)NCCCc1ccccn1. The number of para-hydroxylation sites is 1. The summed E-state index contributed by atoms with van der Waals surface area (Å²) in [6, 6.07) is 13.7. The number of benzene rings is 1. The molecule has 112 valence electrons. The highest BCUT2D eigenvalue weighted by molar-refractivity contribution is 5.81. The smallest absolute Gasteiger partial charge is 0.241 e. The van der Waals surface area contributed by atoms with Crippen LogP contribution in [0.4, 0.5) is 0 Å². The molecule has 0 atom stereocenters. The van der Waals surface area contributed by atoms with Gasteiger partial charge in [0.15, 0.2) is 0 Å². The number of nitrogens with zero attached hydrogens (tertiary/aromatic N) is 3. The van der Waals surface area contributed by atoms with Gasteiger partial charge in [-0.05, 0) is 31.0 Å². The van der Waals surface area contributed by atoms with Crippen LogP contribution in [0.2, 0.25) is 0 Å². The summed E-state index contributed by atoms with van der Waals surface area (Å²) in [5, 5.41) is 8.23. The molecule has 0 bridgehead atoms. The molecule has 0 saturated heterocycles. The number of pyridine rings is 1. The summed E-state index contributed by atoms with van der Waals surface area (Å²) < 4.78 is 1.73. The van der Waals surface area contributed by atoms with Crippen molar-refractivity contribution in [2.75, 3.05) is 6.54 Å². The number of hydrogen-bond acceptors (Lipinski definition) is 3. The number of nitrogens with one attached hydrogen (secondary N) is 1. The van der Waals surface area contributed by atoms with E-state index in [0.29, 0.717) is 6.54 Å². The van der Waals surface area contributed by atoms with Gasteiger partial charge in [0, 0.05) is 23.8 Å². The van der Waals surface area contributed by atoms with E-state index in [-0.39, 0.29) is 12.5 Å². The molecule has 1 aromatic carbocycles. The number of rotatable bonds is 6. The Balaban J connectivity index is 1.47. The molecule has 1 N–H and O–H groups in total. The molecule has 1 amide bonds. The molecular weight excluding hydrogens is 276 g/mol. The monoisotopic (exact) mass is 294 g/mol. The largest absolute Gasteiger partial charge is 0.354 e. The molecule has 0 saturated carbocycles. The lowest BCUT2D eigenvalue weighted by molar-refractivity contribution is -0.121. The number of carbonyl (C=O) groups is 1. The van der Waals surface area contributed by atoms with Crippen molar-refractivity contribution in [2.24, 2.45) is 0 Å². The summed E-state index contributed by atoms with van der Waals surface area (Å²) in [5.41, 5.74) is 2.03. The van der Waals surface area contributed by atoms with Crippen molar-refractivity contribution in [1.82, 2.24) is 20.1 Å². The fraction of sp³-hybridized carbons (Fsp3) is 0.235. The van der Waals surface area contributed by atoms with E-state index in [0.717, 1.165) is 29.4 Å². The minimum absolute atomic E-state index is 0.0186. The number of hydrogen-bond donors (Lipinski definition) is 1. The van der Waals surface area contributed by atoms with Crippen LogP contribution in [0.3, 0.4) is 0 Å². The van der Waals surface area contributed by atoms with Gasteiger partial charge in [0.1, 0.15) is 6.54 Å². The van der Waals surface area contributed by atoms with Crippen molar-refractivity contribution in [3.63, 3.8) is 0 Å². The Hall–Kier alpha value is -2.69. The third kappa shape index (κ3) is 3.49. The summed E-state index contributed by atoms with van der Waals surface area (Å²) in [4.78, 5) is 16.2. The lowest BCUT2D eigenvalue weighted by atomic mass is 10.2. The lowest BCUT2D eigenvalue weighted by Crippen LogP contribution is -2.29. The van der Waals surface area contributed by atoms with Crippen LogP contribution < -0.4 is 5.32 Å². The molecule has 0 aliphatic heterocycles. The maximum atomic E-state index is 12.0. The molecule has 0 radical (unpaired) electrons. The van der Waals surface area contributed by atoms with Gasteiger partial charge in [-0.3, -0.25) is 14.5 Å². The first-order chi connectivity index (χ1) is 10.8. The molecule has 5 heteroatoms. The normalized spacial score (nSPS) is 10.7. The summed E-state index contributed by atoms with van der Waals surface area (Å²) in [7, 11) is 0. The molecule has 2 aromatic heterocycles. The Morgan fingerprint density at radius 2 is 2.00 bits per heavy atom. The Morgan fingerprint density at radius 3 is 2.86 bits per heavy atom. The average Bonchev–Trinajstić information content (AvgIpc) is 2.96. The Morgan fingerprint density at radius 1 is 1.14 bits per heavy atom. The van der Waals surface area contributed by atoms with Gasteiger partial charge in [-0.1, -0.05) is 24.3 Å². The quantitative estimate of drug-likeness (QED) is 0.709. The van der Waals surface area contributed by atoms with Gasteiger partial charge in [0.2, 0.25) is 5.91 Å². The number of amides is 1. The second-order valence-corrected chi connectivity index (χ2v) is 5.14. The standard InChI is InChI=1S/C17H18N4O/c22-17(19-11-5-8-15-7-3-4-10-18-15)13-21-16-9-2-1-6-14(16)12-20-21/h1-4,6-7,9-10,12H,5,8,11,13H2,(H,19,22). The second-order valence-electron chi connectivity index (χ2n) is 5.14. The van der Waals surface area contributed by atoms with E-state index in [1.807, 2.05) is 42.5 Å². The van der Waals surface area contributed by atoms with Crippen molar-refractivity contribution in [2.45, 2.75) is 19.4 Å². The summed E-state index contributed by atoms with van der Waals surface area (Å²) in [6.07, 6.45) is 5.31. The maximum Gasteiger partial charge on any atom is 0.241 e. The van der Waals surface area contributed by atoms with E-state index in [9.17, 15) is 4.79 Å². The van der Waals surface area contributed by atoms with Crippen molar-refractivity contribution in [3.05, 3.63) is 60.6 Å². The van der Waals surface area contributed by atoms with Crippen molar-refractivity contribution < 1.29 is 4.79 Å². The molecule has 0 fully saturated rings. The number of fused-ring (bicyclic) bond motifs is 1. The summed E-state index contributed by atoms with van der Waals surface area (Å²) >= 11 is 0. The van der Waals surface area contributed by atoms with E-state index >= 15 is 0 Å². The zero-order valence-electron chi connectivity index (χ0n) is 12.3. The van der Waals surface area contributed by atoms with E-state index in [2.05, 4.69) is 15.4 Å². The summed E-state index contributed by atoms with van der Waals surface area (Å²) in [5.74, 6) is -0.0186. The zero-order valence-corrected chi connectivity index (χ0v) is 12.3. The van der Waals surface area contributed by atoms with E-state index in [1.165, 1.54) is 0 Å². The molecule has 2 heterocycles. The zero-order chi connectivity index (χ0) is 15.2. The van der Waals surface area contributed by atoms with E-state index in [4.69, 9.17) is 0 Å². The minimum Gasteiger partial charge on any atom is -0.354 e. The van der Waals surface area contributed by atoms with Crippen LogP contribution in [0.5, 0.6) is 0 Å². The third-order valence-electron chi connectivity index (χ3n) is 3.50. The van der Waals surface area contributed by atoms with Crippen LogP contribution in [-0.2, 0) is 17.8 Å². The average molecular weight is 294 g/mol. The fourth-order valence-electron chi connectivity index (χ4n) is 2.39. The molecule has 5 nitrogen and oxygen atoms in total. The number of carbonyl (C=O) groups excluding carboxylic acids is 1. The van der Waals surface area contributed by atoms with E-state index in [1.54, 1.807) is 17.1 Å². The molecule has 22 heavy (non-hydrogen) atoms. The Labute approximate surface area is 129 Å². The van der Waals surface area contributed by atoms with Gasteiger partial charge in [-0.15, -0.1) is 0 Å². The first-order valence-electron chi connectivity index (χ1n) is 7.40. The molecule has 0 unspecified atom stereocenters. The van der Waals surface area contributed by atoms with Crippen LogP contribution in [0.25, 0.3) is 10.9 Å². The van der Waals surface area contributed by atoms with Crippen LogP contribution >= 0.6 is 0 Å². The molecular formula is C17H18N4O. The van der Waals surface area contributed by atoms with Crippen LogP contribution in [0.1, 0.15) is 12.1 Å². The van der Waals surface area contributed by atoms with Gasteiger partial charge in [-0.2, -0.15) is 5.10 Å².